The lowest BCUT2D eigenvalue weighted by Crippen LogP contribution is -2.27. The van der Waals surface area contributed by atoms with Crippen molar-refractivity contribution in [1.82, 2.24) is 5.32 Å². The lowest BCUT2D eigenvalue weighted by molar-refractivity contribution is 0.360. The van der Waals surface area contributed by atoms with Crippen LogP contribution in [0.15, 0.2) is 0 Å². The Morgan fingerprint density at radius 2 is 1.57 bits per heavy atom. The average Bonchev–Trinajstić information content (AvgIpc) is 2.17. The van der Waals surface area contributed by atoms with Crippen LogP contribution in [0.2, 0.25) is 0 Å². The highest BCUT2D eigenvalue weighted by molar-refractivity contribution is 4.68. The molecule has 0 spiro atoms. The average molecular weight is 199 g/mol. The van der Waals surface area contributed by atoms with Gasteiger partial charge in [0.1, 0.15) is 0 Å². The van der Waals surface area contributed by atoms with E-state index in [1.54, 1.807) is 0 Å². The van der Waals surface area contributed by atoms with E-state index >= 15 is 0 Å². The summed E-state index contributed by atoms with van der Waals surface area (Å²) >= 11 is 0. The summed E-state index contributed by atoms with van der Waals surface area (Å²) < 4.78 is 0. The van der Waals surface area contributed by atoms with E-state index in [9.17, 15) is 0 Å². The SMILES string of the molecule is CCC(CC)CCC(CC(C)C)NC. The van der Waals surface area contributed by atoms with E-state index < -0.39 is 0 Å². The van der Waals surface area contributed by atoms with Crippen molar-refractivity contribution in [2.24, 2.45) is 11.8 Å². The van der Waals surface area contributed by atoms with Crippen molar-refractivity contribution in [1.29, 1.82) is 0 Å². The smallest absolute Gasteiger partial charge is 0.00666 e. The third-order valence-corrected chi connectivity index (χ3v) is 3.24. The van der Waals surface area contributed by atoms with Crippen LogP contribution in [0.3, 0.4) is 0 Å². The molecule has 0 rings (SSSR count). The van der Waals surface area contributed by atoms with E-state index in [4.69, 9.17) is 0 Å². The topological polar surface area (TPSA) is 12.0 Å². The van der Waals surface area contributed by atoms with Gasteiger partial charge in [-0.15, -0.1) is 0 Å². The molecule has 0 heterocycles. The lowest BCUT2D eigenvalue weighted by atomic mass is 9.92. The van der Waals surface area contributed by atoms with Crippen LogP contribution < -0.4 is 5.32 Å². The Bertz CT molecular complexity index is 116. The molecule has 86 valence electrons. The lowest BCUT2D eigenvalue weighted by Gasteiger charge is -2.20. The molecule has 0 saturated heterocycles. The molecule has 0 fully saturated rings. The van der Waals surface area contributed by atoms with Crippen molar-refractivity contribution in [3.63, 3.8) is 0 Å². The molecular formula is C13H29N. The molecule has 1 atom stereocenters. The molecule has 0 aliphatic heterocycles. The molecule has 0 aliphatic carbocycles. The molecule has 0 radical (unpaired) electrons. The van der Waals surface area contributed by atoms with E-state index in [0.29, 0.717) is 0 Å². The first kappa shape index (κ1) is 14.0. The normalized spacial score (nSPS) is 13.9. The molecule has 1 nitrogen and oxygen atoms in total. The van der Waals surface area contributed by atoms with Crippen molar-refractivity contribution in [3.8, 4) is 0 Å². The fourth-order valence-electron chi connectivity index (χ4n) is 2.08. The van der Waals surface area contributed by atoms with Gasteiger partial charge in [-0.05, 0) is 38.1 Å². The molecule has 14 heavy (non-hydrogen) atoms. The number of hydrogen-bond donors (Lipinski definition) is 1. The highest BCUT2D eigenvalue weighted by Gasteiger charge is 2.11. The summed E-state index contributed by atoms with van der Waals surface area (Å²) in [5.41, 5.74) is 0. The maximum Gasteiger partial charge on any atom is 0.00666 e. The summed E-state index contributed by atoms with van der Waals surface area (Å²) in [6, 6.07) is 0.732. The quantitative estimate of drug-likeness (QED) is 0.626. The summed E-state index contributed by atoms with van der Waals surface area (Å²) in [6.07, 6.45) is 6.74. The van der Waals surface area contributed by atoms with Gasteiger partial charge in [-0.3, -0.25) is 0 Å². The molecule has 0 amide bonds. The first-order chi connectivity index (χ1) is 6.63. The minimum atomic E-state index is 0.732. The maximum atomic E-state index is 3.44. The van der Waals surface area contributed by atoms with E-state index in [-0.39, 0.29) is 0 Å². The van der Waals surface area contributed by atoms with Gasteiger partial charge in [-0.2, -0.15) is 0 Å². The van der Waals surface area contributed by atoms with Crippen LogP contribution >= 0.6 is 0 Å². The first-order valence-electron chi connectivity index (χ1n) is 6.31. The van der Waals surface area contributed by atoms with Crippen molar-refractivity contribution < 1.29 is 0 Å². The van der Waals surface area contributed by atoms with Crippen LogP contribution in [0, 0.1) is 11.8 Å². The Morgan fingerprint density at radius 1 is 1.00 bits per heavy atom. The van der Waals surface area contributed by atoms with Crippen molar-refractivity contribution >= 4 is 0 Å². The van der Waals surface area contributed by atoms with Crippen LogP contribution in [0.1, 0.15) is 59.8 Å². The molecular weight excluding hydrogens is 170 g/mol. The minimum Gasteiger partial charge on any atom is -0.317 e. The highest BCUT2D eigenvalue weighted by atomic mass is 14.9. The van der Waals surface area contributed by atoms with Crippen LogP contribution in [-0.2, 0) is 0 Å². The van der Waals surface area contributed by atoms with Gasteiger partial charge >= 0.3 is 0 Å². The van der Waals surface area contributed by atoms with Gasteiger partial charge in [0.25, 0.3) is 0 Å². The van der Waals surface area contributed by atoms with Crippen LogP contribution in [0.4, 0.5) is 0 Å². The molecule has 0 bridgehead atoms. The Morgan fingerprint density at radius 3 is 1.93 bits per heavy atom. The summed E-state index contributed by atoms with van der Waals surface area (Å²) in [6.45, 7) is 9.24. The second-order valence-corrected chi connectivity index (χ2v) is 4.88. The van der Waals surface area contributed by atoms with Gasteiger partial charge in [0.2, 0.25) is 0 Å². The standard InChI is InChI=1S/C13H29N/c1-6-12(7-2)8-9-13(14-5)10-11(3)4/h11-14H,6-10H2,1-5H3. The zero-order chi connectivity index (χ0) is 11.0. The zero-order valence-corrected chi connectivity index (χ0v) is 10.8. The summed E-state index contributed by atoms with van der Waals surface area (Å²) in [4.78, 5) is 0. The summed E-state index contributed by atoms with van der Waals surface area (Å²) in [5, 5.41) is 3.44. The number of rotatable bonds is 8. The highest BCUT2D eigenvalue weighted by Crippen LogP contribution is 2.18. The molecule has 0 aliphatic rings. The molecule has 0 aromatic carbocycles. The van der Waals surface area contributed by atoms with Crippen LogP contribution in [-0.4, -0.2) is 13.1 Å². The largest absolute Gasteiger partial charge is 0.317 e. The maximum absolute atomic E-state index is 3.44. The molecule has 0 aromatic heterocycles. The van der Waals surface area contributed by atoms with E-state index in [1.807, 2.05) is 0 Å². The summed E-state index contributed by atoms with van der Waals surface area (Å²) in [5.74, 6) is 1.76. The van der Waals surface area contributed by atoms with Gasteiger partial charge in [0, 0.05) is 6.04 Å². The fraction of sp³-hybridized carbons (Fsp3) is 1.00. The Hall–Kier alpha value is -0.0400. The van der Waals surface area contributed by atoms with E-state index in [2.05, 4.69) is 40.1 Å². The van der Waals surface area contributed by atoms with Gasteiger partial charge in [-0.25, -0.2) is 0 Å². The second-order valence-electron chi connectivity index (χ2n) is 4.88. The van der Waals surface area contributed by atoms with E-state index in [0.717, 1.165) is 17.9 Å². The monoisotopic (exact) mass is 199 g/mol. The molecule has 0 aromatic rings. The molecule has 1 heteroatoms. The van der Waals surface area contributed by atoms with E-state index in [1.165, 1.54) is 32.1 Å². The molecule has 1 unspecified atom stereocenters. The molecule has 0 saturated carbocycles. The van der Waals surface area contributed by atoms with Crippen molar-refractivity contribution in [2.75, 3.05) is 7.05 Å². The van der Waals surface area contributed by atoms with Gasteiger partial charge in [-0.1, -0.05) is 40.5 Å². The Labute approximate surface area is 90.7 Å². The number of hydrogen-bond acceptors (Lipinski definition) is 1. The summed E-state index contributed by atoms with van der Waals surface area (Å²) in [7, 11) is 2.10. The van der Waals surface area contributed by atoms with Crippen molar-refractivity contribution in [2.45, 2.75) is 65.8 Å². The first-order valence-corrected chi connectivity index (χ1v) is 6.31. The zero-order valence-electron chi connectivity index (χ0n) is 10.8. The molecule has 1 N–H and O–H groups in total. The third kappa shape index (κ3) is 6.42. The van der Waals surface area contributed by atoms with Crippen molar-refractivity contribution in [3.05, 3.63) is 0 Å². The minimum absolute atomic E-state index is 0.732. The third-order valence-electron chi connectivity index (χ3n) is 3.24. The fourth-order valence-corrected chi connectivity index (χ4v) is 2.08. The predicted molar refractivity (Wildman–Crippen MR) is 65.6 cm³/mol. The Balaban J connectivity index is 3.70. The second kappa shape index (κ2) is 8.28. The van der Waals surface area contributed by atoms with Crippen LogP contribution in [0.25, 0.3) is 0 Å². The van der Waals surface area contributed by atoms with Gasteiger partial charge in [0.15, 0.2) is 0 Å². The van der Waals surface area contributed by atoms with Gasteiger partial charge in [0.05, 0.1) is 0 Å². The number of nitrogens with one attached hydrogen (secondary N) is 1. The predicted octanol–water partition coefficient (Wildman–Crippen LogP) is 3.84. The van der Waals surface area contributed by atoms with Gasteiger partial charge < -0.3 is 5.32 Å². The van der Waals surface area contributed by atoms with Crippen LogP contribution in [0.5, 0.6) is 0 Å². The Kier molecular flexibility index (Phi) is 8.26.